The summed E-state index contributed by atoms with van der Waals surface area (Å²) in [4.78, 5) is 18.4. The van der Waals surface area contributed by atoms with Crippen molar-refractivity contribution in [3.63, 3.8) is 0 Å². The Morgan fingerprint density at radius 2 is 1.82 bits per heavy atom. The van der Waals surface area contributed by atoms with Crippen LogP contribution in [0.15, 0.2) is 88.8 Å². The van der Waals surface area contributed by atoms with Crippen LogP contribution in [-0.4, -0.2) is 34.9 Å². The van der Waals surface area contributed by atoms with Crippen LogP contribution in [0.3, 0.4) is 0 Å². The minimum absolute atomic E-state index is 0.00319. The van der Waals surface area contributed by atoms with Gasteiger partial charge in [-0.25, -0.2) is 4.99 Å². The number of rotatable bonds is 9. The lowest BCUT2D eigenvalue weighted by atomic mass is 10.1. The number of halogens is 2. The van der Waals surface area contributed by atoms with Crippen molar-refractivity contribution >= 4 is 45.0 Å². The maximum absolute atomic E-state index is 11.4. The van der Waals surface area contributed by atoms with Gasteiger partial charge in [-0.2, -0.15) is 0 Å². The molecule has 0 fully saturated rings. The molecule has 0 saturated carbocycles. The van der Waals surface area contributed by atoms with E-state index in [2.05, 4.69) is 34.6 Å². The van der Waals surface area contributed by atoms with E-state index in [1.165, 1.54) is 5.56 Å². The van der Waals surface area contributed by atoms with Crippen molar-refractivity contribution in [2.45, 2.75) is 19.8 Å². The van der Waals surface area contributed by atoms with Crippen molar-refractivity contribution in [2.75, 3.05) is 13.1 Å². The van der Waals surface area contributed by atoms with Crippen molar-refractivity contribution in [3.8, 4) is 0 Å². The third kappa shape index (κ3) is 7.31. The standard InChI is InChI=1S/C27H26BrClN2O2/c1-19-11-12-24(29)18-25(19)27(30-20(2)22-9-6-10-23(28)17-22)31(16-14-26(32)33)15-13-21-7-4-3-5-8-21/h3-12,17-18H,2,13-16H2,1H3,(H,32,33). The minimum Gasteiger partial charge on any atom is -0.481 e. The fourth-order valence-electron chi connectivity index (χ4n) is 3.46. The van der Waals surface area contributed by atoms with Gasteiger partial charge < -0.3 is 10.0 Å². The summed E-state index contributed by atoms with van der Waals surface area (Å²) in [6, 6.07) is 23.6. The number of carbonyl (C=O) groups is 1. The van der Waals surface area contributed by atoms with Crippen LogP contribution in [0.25, 0.3) is 5.70 Å². The summed E-state index contributed by atoms with van der Waals surface area (Å²) < 4.78 is 0.934. The second-order valence-corrected chi connectivity index (χ2v) is 9.07. The molecule has 3 rings (SSSR count). The van der Waals surface area contributed by atoms with Gasteiger partial charge in [-0.1, -0.05) is 82.6 Å². The molecule has 0 saturated heterocycles. The van der Waals surface area contributed by atoms with E-state index in [1.54, 1.807) is 0 Å². The Hall–Kier alpha value is -2.89. The van der Waals surface area contributed by atoms with Gasteiger partial charge in [0.05, 0.1) is 12.1 Å². The van der Waals surface area contributed by atoms with Gasteiger partial charge in [-0.05, 0) is 48.7 Å². The van der Waals surface area contributed by atoms with E-state index in [9.17, 15) is 9.90 Å². The molecule has 0 radical (unpaired) electrons. The number of aryl methyl sites for hydroxylation is 1. The zero-order chi connectivity index (χ0) is 23.8. The first-order valence-electron chi connectivity index (χ1n) is 10.6. The number of hydrogen-bond donors (Lipinski definition) is 1. The lowest BCUT2D eigenvalue weighted by Crippen LogP contribution is -2.36. The molecule has 0 aliphatic rings. The van der Waals surface area contributed by atoms with E-state index in [0.717, 1.165) is 27.6 Å². The highest BCUT2D eigenvalue weighted by atomic mass is 79.9. The smallest absolute Gasteiger partial charge is 0.305 e. The van der Waals surface area contributed by atoms with Crippen LogP contribution in [0.1, 0.15) is 28.7 Å². The number of carboxylic acids is 1. The van der Waals surface area contributed by atoms with Crippen LogP contribution in [0.4, 0.5) is 0 Å². The molecule has 0 atom stereocenters. The molecule has 33 heavy (non-hydrogen) atoms. The molecule has 6 heteroatoms. The van der Waals surface area contributed by atoms with Gasteiger partial charge in [-0.15, -0.1) is 0 Å². The molecule has 0 unspecified atom stereocenters. The zero-order valence-corrected chi connectivity index (χ0v) is 20.8. The second kappa shape index (κ2) is 11.8. The van der Waals surface area contributed by atoms with Crippen LogP contribution in [-0.2, 0) is 11.2 Å². The summed E-state index contributed by atoms with van der Waals surface area (Å²) in [5.41, 5.74) is 4.50. The summed E-state index contributed by atoms with van der Waals surface area (Å²) in [6.45, 7) is 7.11. The third-order valence-electron chi connectivity index (χ3n) is 5.25. The summed E-state index contributed by atoms with van der Waals surface area (Å²) in [5, 5.41) is 9.97. The van der Waals surface area contributed by atoms with Gasteiger partial charge in [0.2, 0.25) is 0 Å². The van der Waals surface area contributed by atoms with E-state index in [4.69, 9.17) is 16.6 Å². The molecule has 0 aliphatic carbocycles. The normalized spacial score (nSPS) is 11.3. The second-order valence-electron chi connectivity index (χ2n) is 7.72. The molecule has 170 valence electrons. The van der Waals surface area contributed by atoms with Crippen molar-refractivity contribution in [2.24, 2.45) is 4.99 Å². The maximum Gasteiger partial charge on any atom is 0.305 e. The van der Waals surface area contributed by atoms with Crippen LogP contribution in [0.5, 0.6) is 0 Å². The van der Waals surface area contributed by atoms with Crippen LogP contribution < -0.4 is 0 Å². The predicted octanol–water partition coefficient (Wildman–Crippen LogP) is 6.85. The van der Waals surface area contributed by atoms with E-state index in [1.807, 2.05) is 72.5 Å². The summed E-state index contributed by atoms with van der Waals surface area (Å²) in [7, 11) is 0. The highest BCUT2D eigenvalue weighted by Gasteiger charge is 2.18. The van der Waals surface area contributed by atoms with E-state index in [-0.39, 0.29) is 6.42 Å². The van der Waals surface area contributed by atoms with Crippen molar-refractivity contribution < 1.29 is 9.90 Å². The third-order valence-corrected chi connectivity index (χ3v) is 5.98. The maximum atomic E-state index is 11.4. The molecule has 0 spiro atoms. The van der Waals surface area contributed by atoms with E-state index < -0.39 is 5.97 Å². The average Bonchev–Trinajstić information content (AvgIpc) is 2.80. The Morgan fingerprint density at radius 1 is 1.06 bits per heavy atom. The van der Waals surface area contributed by atoms with Crippen molar-refractivity contribution in [1.29, 1.82) is 0 Å². The topological polar surface area (TPSA) is 52.9 Å². The molecule has 0 amide bonds. The number of benzene rings is 3. The van der Waals surface area contributed by atoms with Crippen molar-refractivity contribution in [3.05, 3.63) is 111 Å². The SMILES string of the molecule is C=C(N=C(c1cc(Cl)ccc1C)N(CCC(=O)O)CCc1ccccc1)c1cccc(Br)c1. The predicted molar refractivity (Wildman–Crippen MR) is 140 cm³/mol. The molecule has 1 N–H and O–H groups in total. The summed E-state index contributed by atoms with van der Waals surface area (Å²) in [6.07, 6.45) is 0.749. The summed E-state index contributed by atoms with van der Waals surface area (Å²) in [5.74, 6) is -0.190. The number of carboxylic acid groups (broad SMARTS) is 1. The first kappa shape index (κ1) is 24.7. The first-order valence-corrected chi connectivity index (χ1v) is 11.8. The minimum atomic E-state index is -0.854. The molecular formula is C27H26BrClN2O2. The fourth-order valence-corrected chi connectivity index (χ4v) is 4.03. The van der Waals surface area contributed by atoms with Gasteiger partial charge in [0.15, 0.2) is 0 Å². The Labute approximate surface area is 208 Å². The van der Waals surface area contributed by atoms with Crippen LogP contribution >= 0.6 is 27.5 Å². The highest BCUT2D eigenvalue weighted by molar-refractivity contribution is 9.10. The van der Waals surface area contributed by atoms with Gasteiger partial charge >= 0.3 is 5.97 Å². The Morgan fingerprint density at radius 3 is 2.52 bits per heavy atom. The van der Waals surface area contributed by atoms with Crippen LogP contribution in [0, 0.1) is 6.92 Å². The molecule has 0 heterocycles. The van der Waals surface area contributed by atoms with E-state index >= 15 is 0 Å². The molecule has 3 aromatic rings. The lowest BCUT2D eigenvalue weighted by Gasteiger charge is -2.27. The number of aliphatic imine (C=N–C) groups is 1. The average molecular weight is 526 g/mol. The van der Waals surface area contributed by atoms with E-state index in [0.29, 0.717) is 29.6 Å². The molecule has 3 aromatic carbocycles. The fraction of sp³-hybridized carbons (Fsp3) is 0.185. The van der Waals surface area contributed by atoms with Gasteiger partial charge in [0.1, 0.15) is 5.84 Å². The Kier molecular flexibility index (Phi) is 8.87. The van der Waals surface area contributed by atoms with Gasteiger partial charge in [0, 0.05) is 33.7 Å². The monoisotopic (exact) mass is 524 g/mol. The molecule has 4 nitrogen and oxygen atoms in total. The zero-order valence-electron chi connectivity index (χ0n) is 18.5. The summed E-state index contributed by atoms with van der Waals surface area (Å²) >= 11 is 9.84. The molecule has 0 aromatic heterocycles. The highest BCUT2D eigenvalue weighted by Crippen LogP contribution is 2.24. The van der Waals surface area contributed by atoms with Gasteiger partial charge in [-0.3, -0.25) is 4.79 Å². The number of nitrogens with zero attached hydrogens (tertiary/aromatic N) is 2. The van der Waals surface area contributed by atoms with Gasteiger partial charge in [0.25, 0.3) is 0 Å². The quantitative estimate of drug-likeness (QED) is 0.246. The Balaban J connectivity index is 2.04. The number of aliphatic carboxylic acids is 1. The molecular weight excluding hydrogens is 500 g/mol. The number of amidine groups is 1. The van der Waals surface area contributed by atoms with Crippen molar-refractivity contribution in [1.82, 2.24) is 4.90 Å². The largest absolute Gasteiger partial charge is 0.481 e. The first-order chi connectivity index (χ1) is 15.8. The number of hydrogen-bond acceptors (Lipinski definition) is 2. The lowest BCUT2D eigenvalue weighted by molar-refractivity contribution is -0.137. The molecule has 0 aliphatic heterocycles. The molecule has 0 bridgehead atoms. The van der Waals surface area contributed by atoms with Crippen LogP contribution in [0.2, 0.25) is 5.02 Å². The Bertz CT molecular complexity index is 1160.